The van der Waals surface area contributed by atoms with Crippen LogP contribution in [0.15, 0.2) is 24.3 Å². The first kappa shape index (κ1) is 13.3. The number of hydrogen-bond donors (Lipinski definition) is 3. The van der Waals surface area contributed by atoms with Crippen LogP contribution in [0, 0.1) is 11.8 Å². The molecule has 0 radical (unpaired) electrons. The van der Waals surface area contributed by atoms with E-state index in [1.165, 1.54) is 12.0 Å². The molecular formula is C16H21NO3. The minimum Gasteiger partial charge on any atom is -0.508 e. The molecule has 0 unspecified atom stereocenters. The van der Waals surface area contributed by atoms with Crippen molar-refractivity contribution in [2.45, 2.75) is 44.1 Å². The van der Waals surface area contributed by atoms with E-state index in [0.29, 0.717) is 17.8 Å². The van der Waals surface area contributed by atoms with Gasteiger partial charge in [0.15, 0.2) is 0 Å². The van der Waals surface area contributed by atoms with Crippen LogP contribution in [0.2, 0.25) is 0 Å². The fraction of sp³-hybridized carbons (Fsp3) is 0.562. The number of rotatable bonds is 2. The van der Waals surface area contributed by atoms with Crippen molar-refractivity contribution < 1.29 is 15.0 Å². The molecule has 1 amide bonds. The quantitative estimate of drug-likeness (QED) is 0.775. The molecule has 0 heterocycles. The van der Waals surface area contributed by atoms with Gasteiger partial charge in [0, 0.05) is 6.04 Å². The van der Waals surface area contributed by atoms with E-state index in [9.17, 15) is 9.90 Å². The largest absolute Gasteiger partial charge is 0.508 e. The Morgan fingerprint density at radius 2 is 1.85 bits per heavy atom. The van der Waals surface area contributed by atoms with Gasteiger partial charge in [-0.2, -0.15) is 0 Å². The number of nitrogens with one attached hydrogen (secondary N) is 1. The van der Waals surface area contributed by atoms with Gasteiger partial charge in [0.2, 0.25) is 0 Å². The van der Waals surface area contributed by atoms with E-state index < -0.39 is 6.09 Å². The topological polar surface area (TPSA) is 69.6 Å². The Hall–Kier alpha value is -1.71. The Balaban J connectivity index is 1.84. The highest BCUT2D eigenvalue weighted by Crippen LogP contribution is 2.47. The number of phenolic OH excluding ortho intramolecular Hbond substituents is 1. The van der Waals surface area contributed by atoms with Crippen molar-refractivity contribution >= 4 is 6.09 Å². The minimum absolute atomic E-state index is 0.0915. The Labute approximate surface area is 118 Å². The molecule has 2 bridgehead atoms. The number of carboxylic acid groups (broad SMARTS) is 1. The zero-order valence-electron chi connectivity index (χ0n) is 11.5. The van der Waals surface area contributed by atoms with Crippen molar-refractivity contribution in [1.29, 1.82) is 0 Å². The summed E-state index contributed by atoms with van der Waals surface area (Å²) in [4.78, 5) is 11.0. The van der Waals surface area contributed by atoms with Crippen molar-refractivity contribution in [3.63, 3.8) is 0 Å². The van der Waals surface area contributed by atoms with Crippen LogP contribution in [-0.2, 0) is 0 Å². The summed E-state index contributed by atoms with van der Waals surface area (Å²) in [6.45, 7) is 0. The summed E-state index contributed by atoms with van der Waals surface area (Å²) >= 11 is 0. The molecule has 0 aliphatic heterocycles. The van der Waals surface area contributed by atoms with Crippen LogP contribution in [0.3, 0.4) is 0 Å². The van der Waals surface area contributed by atoms with Crippen LogP contribution in [0.4, 0.5) is 4.79 Å². The van der Waals surface area contributed by atoms with Crippen LogP contribution < -0.4 is 5.32 Å². The average Bonchev–Trinajstić information content (AvgIpc) is 2.40. The fourth-order valence-electron chi connectivity index (χ4n) is 4.21. The predicted molar refractivity (Wildman–Crippen MR) is 75.9 cm³/mol. The second-order valence-electron chi connectivity index (χ2n) is 6.11. The number of phenols is 1. The number of hydrogen-bond acceptors (Lipinski definition) is 2. The number of benzene rings is 1. The van der Waals surface area contributed by atoms with E-state index in [0.717, 1.165) is 25.7 Å². The van der Waals surface area contributed by atoms with Gasteiger partial charge < -0.3 is 15.5 Å². The smallest absolute Gasteiger partial charge is 0.404 e. The SMILES string of the molecule is O=C(O)N[C@H]1[C@@H]2CCC[C@H]1[C@@H](c1ccc(O)cc1)CC2. The molecule has 0 saturated heterocycles. The lowest BCUT2D eigenvalue weighted by atomic mass is 9.62. The second-order valence-corrected chi connectivity index (χ2v) is 6.11. The molecule has 3 N–H and O–H groups in total. The van der Waals surface area contributed by atoms with Gasteiger partial charge in [-0.25, -0.2) is 4.79 Å². The van der Waals surface area contributed by atoms with E-state index in [4.69, 9.17) is 5.11 Å². The maximum Gasteiger partial charge on any atom is 0.404 e. The van der Waals surface area contributed by atoms with Crippen molar-refractivity contribution in [1.82, 2.24) is 5.32 Å². The molecule has 0 aromatic heterocycles. The van der Waals surface area contributed by atoms with Gasteiger partial charge in [0.1, 0.15) is 5.75 Å². The van der Waals surface area contributed by atoms with Crippen LogP contribution >= 0.6 is 0 Å². The summed E-state index contributed by atoms with van der Waals surface area (Å²) in [5, 5.41) is 21.2. The molecule has 2 aliphatic carbocycles. The van der Waals surface area contributed by atoms with Crippen LogP contribution in [0.1, 0.15) is 43.6 Å². The summed E-state index contributed by atoms with van der Waals surface area (Å²) in [7, 11) is 0. The van der Waals surface area contributed by atoms with Crippen LogP contribution in [-0.4, -0.2) is 22.3 Å². The monoisotopic (exact) mass is 275 g/mol. The second kappa shape index (κ2) is 5.35. The molecule has 20 heavy (non-hydrogen) atoms. The first-order valence-electron chi connectivity index (χ1n) is 7.43. The molecule has 1 aromatic rings. The number of carbonyl (C=O) groups is 1. The highest BCUT2D eigenvalue weighted by atomic mass is 16.4. The highest BCUT2D eigenvalue weighted by molar-refractivity contribution is 5.65. The summed E-state index contributed by atoms with van der Waals surface area (Å²) in [6.07, 6.45) is 4.74. The first-order chi connectivity index (χ1) is 9.65. The lowest BCUT2D eigenvalue weighted by Gasteiger charge is -2.47. The zero-order chi connectivity index (χ0) is 14.1. The van der Waals surface area contributed by atoms with Crippen LogP contribution in [0.5, 0.6) is 5.75 Å². The Bertz CT molecular complexity index is 485. The molecule has 2 aliphatic rings. The molecule has 1 aromatic carbocycles. The Morgan fingerprint density at radius 3 is 2.55 bits per heavy atom. The maximum absolute atomic E-state index is 11.0. The minimum atomic E-state index is -0.904. The summed E-state index contributed by atoms with van der Waals surface area (Å²) in [5.41, 5.74) is 1.23. The standard InChI is InChI=1S/C16H21NO3/c18-12-7-4-10(5-8-12)13-9-6-11-2-1-3-14(13)15(11)17-16(19)20/h4-5,7-8,11,13-15,17-18H,1-3,6,9H2,(H,19,20)/t11-,13-,14+,15+/m1/s1. The van der Waals surface area contributed by atoms with Gasteiger partial charge in [-0.15, -0.1) is 0 Å². The predicted octanol–water partition coefficient (Wildman–Crippen LogP) is 3.32. The van der Waals surface area contributed by atoms with Gasteiger partial charge >= 0.3 is 6.09 Å². The molecule has 4 atom stereocenters. The van der Waals surface area contributed by atoms with Crippen molar-refractivity contribution in [2.75, 3.05) is 0 Å². The molecule has 108 valence electrons. The summed E-state index contributed by atoms with van der Waals surface area (Å²) in [6, 6.07) is 7.50. The number of aromatic hydroxyl groups is 1. The Morgan fingerprint density at radius 1 is 1.10 bits per heavy atom. The van der Waals surface area contributed by atoms with Crippen molar-refractivity contribution in [3.8, 4) is 5.75 Å². The molecular weight excluding hydrogens is 254 g/mol. The number of amides is 1. The number of fused-ring (bicyclic) bond motifs is 2. The van der Waals surface area contributed by atoms with E-state index in [-0.39, 0.29) is 11.8 Å². The first-order valence-corrected chi connectivity index (χ1v) is 7.43. The van der Waals surface area contributed by atoms with E-state index in [1.54, 1.807) is 12.1 Å². The van der Waals surface area contributed by atoms with Crippen LogP contribution in [0.25, 0.3) is 0 Å². The van der Waals surface area contributed by atoms with Gasteiger partial charge in [0.25, 0.3) is 0 Å². The van der Waals surface area contributed by atoms with Gasteiger partial charge in [-0.3, -0.25) is 0 Å². The molecule has 4 heteroatoms. The molecule has 2 saturated carbocycles. The normalized spacial score (nSPS) is 32.6. The summed E-state index contributed by atoms with van der Waals surface area (Å²) in [5.74, 6) is 1.58. The summed E-state index contributed by atoms with van der Waals surface area (Å²) < 4.78 is 0. The average molecular weight is 275 g/mol. The lowest BCUT2D eigenvalue weighted by Crippen LogP contribution is -2.51. The third-order valence-electron chi connectivity index (χ3n) is 5.06. The Kier molecular flexibility index (Phi) is 3.55. The van der Waals surface area contributed by atoms with Gasteiger partial charge in [-0.05, 0) is 61.1 Å². The van der Waals surface area contributed by atoms with E-state index in [1.807, 2.05) is 12.1 Å². The van der Waals surface area contributed by atoms with Crippen molar-refractivity contribution in [3.05, 3.63) is 29.8 Å². The third-order valence-corrected chi connectivity index (χ3v) is 5.06. The zero-order valence-corrected chi connectivity index (χ0v) is 11.5. The highest BCUT2D eigenvalue weighted by Gasteiger charge is 2.42. The fourth-order valence-corrected chi connectivity index (χ4v) is 4.21. The molecule has 2 fully saturated rings. The molecule has 0 spiro atoms. The maximum atomic E-state index is 11.0. The molecule has 3 rings (SSSR count). The van der Waals surface area contributed by atoms with Crippen molar-refractivity contribution in [2.24, 2.45) is 11.8 Å². The van der Waals surface area contributed by atoms with Gasteiger partial charge in [-0.1, -0.05) is 18.6 Å². The third kappa shape index (κ3) is 2.47. The van der Waals surface area contributed by atoms with E-state index in [2.05, 4.69) is 5.32 Å². The molecule has 4 nitrogen and oxygen atoms in total. The lowest BCUT2D eigenvalue weighted by molar-refractivity contribution is 0.0968. The van der Waals surface area contributed by atoms with E-state index >= 15 is 0 Å². The van der Waals surface area contributed by atoms with Gasteiger partial charge in [0.05, 0.1) is 0 Å².